The van der Waals surface area contributed by atoms with Crippen LogP contribution in [0.1, 0.15) is 0 Å². The topological polar surface area (TPSA) is 37.4 Å². The Labute approximate surface area is 184 Å². The van der Waals surface area contributed by atoms with Gasteiger partial charge in [0.05, 0.1) is 0 Å². The van der Waals surface area contributed by atoms with Crippen LogP contribution in [0.3, 0.4) is 0 Å². The van der Waals surface area contributed by atoms with Crippen LogP contribution in [-0.4, -0.2) is 28.6 Å². The molecule has 2 amide bonds. The molecular weight excluding hydrogens is 648 g/mol. The number of rotatable bonds is 2. The second-order valence-corrected chi connectivity index (χ2v) is 18.9. The SMILES string of the molecule is O=C1C2C(C(=O)[N]1[Hg][c]1cccs1)C1(Cl)C(Cl)=C(Cl)C2(Cl)C1(Cl)Cl. The Balaban J connectivity index is 1.84. The number of thiophene rings is 1. The zero-order chi connectivity index (χ0) is 17.7. The Hall–Kier alpha value is 1.26. The van der Waals surface area contributed by atoms with Crippen LogP contribution in [0.5, 0.6) is 0 Å². The monoisotopic (exact) mass is 651 g/mol. The molecule has 3 aliphatic rings. The predicted octanol–water partition coefficient (Wildman–Crippen LogP) is 3.82. The molecule has 1 saturated heterocycles. The average Bonchev–Trinajstić information content (AvgIpc) is 3.17. The molecular formula is C13H5Cl6HgNO2S. The summed E-state index contributed by atoms with van der Waals surface area (Å²) in [5.74, 6) is -2.81. The van der Waals surface area contributed by atoms with Crippen molar-refractivity contribution in [3.05, 3.63) is 27.6 Å². The normalized spacial score (nSPS) is 39.7. The fraction of sp³-hybridized carbons (Fsp3) is 0.385. The summed E-state index contributed by atoms with van der Waals surface area (Å²) in [7, 11) is 0. The van der Waals surface area contributed by atoms with E-state index in [1.54, 1.807) is 0 Å². The molecule has 0 N–H and O–H groups in total. The first-order chi connectivity index (χ1) is 11.1. The number of hydrogen-bond acceptors (Lipinski definition) is 3. The van der Waals surface area contributed by atoms with Gasteiger partial charge < -0.3 is 0 Å². The number of carbonyl (C=O) groups is 2. The summed E-state index contributed by atoms with van der Waals surface area (Å²) in [6.45, 7) is 0. The van der Waals surface area contributed by atoms with E-state index in [0.717, 1.165) is 2.39 Å². The molecule has 4 atom stereocenters. The number of carbonyl (C=O) groups excluding carboxylic acids is 2. The molecule has 1 aliphatic heterocycles. The molecule has 24 heavy (non-hydrogen) atoms. The number of halogens is 6. The summed E-state index contributed by atoms with van der Waals surface area (Å²) in [5, 5.41) is 1.81. The van der Waals surface area contributed by atoms with E-state index >= 15 is 0 Å². The molecule has 2 bridgehead atoms. The van der Waals surface area contributed by atoms with Gasteiger partial charge in [0.2, 0.25) is 0 Å². The Kier molecular flexibility index (Phi) is 4.37. The first-order valence-electron chi connectivity index (χ1n) is 6.79. The molecule has 4 unspecified atom stereocenters. The van der Waals surface area contributed by atoms with E-state index in [0.29, 0.717) is 0 Å². The molecule has 11 heteroatoms. The van der Waals surface area contributed by atoms with Gasteiger partial charge in [0.15, 0.2) is 0 Å². The van der Waals surface area contributed by atoms with Crippen molar-refractivity contribution in [3.8, 4) is 0 Å². The molecule has 124 valence electrons. The van der Waals surface area contributed by atoms with Gasteiger partial charge in [-0.05, 0) is 0 Å². The van der Waals surface area contributed by atoms with Crippen molar-refractivity contribution in [2.24, 2.45) is 11.8 Å². The Morgan fingerprint density at radius 1 is 1.00 bits per heavy atom. The molecule has 2 heterocycles. The molecule has 4 rings (SSSR count). The zero-order valence-corrected chi connectivity index (χ0v) is 22.4. The number of nitrogens with zero attached hydrogens (tertiary/aromatic N) is 1. The fourth-order valence-corrected chi connectivity index (χ4v) is 15.3. The Morgan fingerprint density at radius 3 is 1.92 bits per heavy atom. The first kappa shape index (κ1) is 18.6. The van der Waals surface area contributed by atoms with Crippen LogP contribution < -0.4 is 2.39 Å². The summed E-state index contributed by atoms with van der Waals surface area (Å²) < 4.78 is 0.562. The number of amides is 2. The Morgan fingerprint density at radius 2 is 1.50 bits per heavy atom. The number of fused-ring (bicyclic) bond motifs is 5. The average molecular weight is 653 g/mol. The van der Waals surface area contributed by atoms with Crippen molar-refractivity contribution in [2.45, 2.75) is 14.1 Å². The molecule has 1 saturated carbocycles. The molecule has 2 aliphatic carbocycles. The van der Waals surface area contributed by atoms with Crippen LogP contribution >= 0.6 is 80.9 Å². The third-order valence-corrected chi connectivity index (χ3v) is 18.7. The standard InChI is InChI=1S/C9H3Cl6NO2.C4H3S.Hg/c10-3-4(11)8(13)2-1(5(17)16-6(2)18)7(3,12)9(8,14)15;1-2-4-5-3-1;/h1-2H,(H,16,17,18);1-3H;/q;;+1/p-1. The van der Waals surface area contributed by atoms with Crippen molar-refractivity contribution in [2.75, 3.05) is 0 Å². The van der Waals surface area contributed by atoms with E-state index in [-0.39, 0.29) is 10.1 Å². The van der Waals surface area contributed by atoms with E-state index in [2.05, 4.69) is 0 Å². The number of hydrogen-bond donors (Lipinski definition) is 0. The number of alkyl halides is 4. The van der Waals surface area contributed by atoms with Crippen LogP contribution in [0.4, 0.5) is 0 Å². The minimum absolute atomic E-state index is 0.0529. The minimum atomic E-state index is -2.19. The quantitative estimate of drug-likeness (QED) is 0.277. The summed E-state index contributed by atoms with van der Waals surface area (Å²) >= 11 is 37.9. The molecule has 1 aromatic rings. The molecule has 2 fully saturated rings. The number of allylic oxidation sites excluding steroid dienone is 2. The third-order valence-electron chi connectivity index (χ3n) is 4.89. The van der Waals surface area contributed by atoms with Gasteiger partial charge in [-0.15, -0.1) is 0 Å². The third kappa shape index (κ3) is 1.88. The van der Waals surface area contributed by atoms with Crippen LogP contribution in [0.2, 0.25) is 0 Å². The fourth-order valence-electron chi connectivity index (χ4n) is 3.77. The first-order valence-corrected chi connectivity index (χ1v) is 15.1. The second kappa shape index (κ2) is 5.63. The molecule has 3 nitrogen and oxygen atoms in total. The van der Waals surface area contributed by atoms with Gasteiger partial charge in [-0.3, -0.25) is 0 Å². The van der Waals surface area contributed by atoms with Crippen molar-refractivity contribution in [1.82, 2.24) is 2.66 Å². The number of imide groups is 1. The molecule has 0 radical (unpaired) electrons. The predicted molar refractivity (Wildman–Crippen MR) is 93.1 cm³/mol. The van der Waals surface area contributed by atoms with Gasteiger partial charge in [-0.1, -0.05) is 0 Å². The summed E-state index contributed by atoms with van der Waals surface area (Å²) in [4.78, 5) is 22.6. The van der Waals surface area contributed by atoms with Crippen molar-refractivity contribution < 1.29 is 34.5 Å². The molecule has 0 aromatic carbocycles. The Bertz CT molecular complexity index is 767. The van der Waals surface area contributed by atoms with Gasteiger partial charge in [0.25, 0.3) is 0 Å². The maximum absolute atomic E-state index is 13.0. The molecule has 0 spiro atoms. The van der Waals surface area contributed by atoms with Gasteiger partial charge in [0.1, 0.15) is 0 Å². The zero-order valence-electron chi connectivity index (χ0n) is 11.5. The maximum atomic E-state index is 13.0. The second-order valence-electron chi connectivity index (χ2n) is 5.92. The van der Waals surface area contributed by atoms with Gasteiger partial charge >= 0.3 is 186 Å². The summed E-state index contributed by atoms with van der Waals surface area (Å²) in [5.41, 5.74) is 0. The van der Waals surface area contributed by atoms with E-state index in [9.17, 15) is 9.59 Å². The van der Waals surface area contributed by atoms with Crippen molar-refractivity contribution >= 4 is 95.1 Å². The molecule has 1 aromatic heterocycles. The van der Waals surface area contributed by atoms with Gasteiger partial charge in [0, 0.05) is 0 Å². The summed E-state index contributed by atoms with van der Waals surface area (Å²) in [6, 6.07) is 3.81. The van der Waals surface area contributed by atoms with E-state index in [1.807, 2.05) is 17.5 Å². The van der Waals surface area contributed by atoms with Crippen LogP contribution in [0, 0.1) is 11.8 Å². The summed E-state index contributed by atoms with van der Waals surface area (Å²) in [6.07, 6.45) is 0. The van der Waals surface area contributed by atoms with Crippen LogP contribution in [-0.2, 0) is 34.5 Å². The van der Waals surface area contributed by atoms with Gasteiger partial charge in [-0.25, -0.2) is 0 Å². The van der Waals surface area contributed by atoms with E-state index < -0.39 is 62.6 Å². The van der Waals surface area contributed by atoms with E-state index in [1.165, 1.54) is 14.0 Å². The van der Waals surface area contributed by atoms with Crippen LogP contribution in [0.15, 0.2) is 27.6 Å². The van der Waals surface area contributed by atoms with E-state index in [4.69, 9.17) is 69.6 Å². The van der Waals surface area contributed by atoms with Crippen molar-refractivity contribution in [3.63, 3.8) is 0 Å². The van der Waals surface area contributed by atoms with Gasteiger partial charge in [-0.2, -0.15) is 0 Å². The van der Waals surface area contributed by atoms with Crippen molar-refractivity contribution in [1.29, 1.82) is 0 Å². The van der Waals surface area contributed by atoms with Crippen LogP contribution in [0.25, 0.3) is 0 Å².